The Morgan fingerprint density at radius 1 is 1.62 bits per heavy atom. The summed E-state index contributed by atoms with van der Waals surface area (Å²) in [5, 5.41) is 17.9. The molecule has 0 saturated carbocycles. The van der Waals surface area contributed by atoms with Crippen LogP contribution in [0.2, 0.25) is 5.02 Å². The fraction of sp³-hybridized carbons (Fsp3) is 0.273. The normalized spacial score (nSPS) is 9.62. The predicted octanol–water partition coefficient (Wildman–Crippen LogP) is 1.88. The van der Waals surface area contributed by atoms with Crippen molar-refractivity contribution >= 4 is 17.6 Å². The average molecular weight is 240 g/mol. The van der Waals surface area contributed by atoms with Crippen molar-refractivity contribution in [3.8, 4) is 6.07 Å². The van der Waals surface area contributed by atoms with Gasteiger partial charge in [0.15, 0.2) is 0 Å². The van der Waals surface area contributed by atoms with E-state index in [1.807, 2.05) is 6.07 Å². The lowest BCUT2D eigenvalue weighted by molar-refractivity contribution is 0.0523. The number of nitriles is 1. The zero-order valence-corrected chi connectivity index (χ0v) is 9.41. The second-order valence-corrected chi connectivity index (χ2v) is 3.33. The van der Waals surface area contributed by atoms with Crippen molar-refractivity contribution in [3.63, 3.8) is 0 Å². The molecule has 0 radical (unpaired) electrons. The standard InChI is InChI=1S/C11H10ClNO3/c1-2-16-11(15)9-8(6-14)4-3-7(5-13)10(9)12/h3-4,14H,2,6H2,1H3. The van der Waals surface area contributed by atoms with E-state index < -0.39 is 5.97 Å². The fourth-order valence-corrected chi connectivity index (χ4v) is 1.56. The molecule has 0 heterocycles. The van der Waals surface area contributed by atoms with Gasteiger partial charge in [-0.3, -0.25) is 0 Å². The van der Waals surface area contributed by atoms with Crippen molar-refractivity contribution < 1.29 is 14.6 Å². The van der Waals surface area contributed by atoms with Crippen molar-refractivity contribution in [1.29, 1.82) is 5.26 Å². The maximum Gasteiger partial charge on any atom is 0.340 e. The van der Waals surface area contributed by atoms with Gasteiger partial charge in [-0.1, -0.05) is 17.7 Å². The molecule has 1 aromatic carbocycles. The van der Waals surface area contributed by atoms with Crippen LogP contribution in [0.15, 0.2) is 12.1 Å². The van der Waals surface area contributed by atoms with Crippen LogP contribution < -0.4 is 0 Å². The number of aliphatic hydroxyl groups excluding tert-OH is 1. The highest BCUT2D eigenvalue weighted by Gasteiger charge is 2.19. The smallest absolute Gasteiger partial charge is 0.340 e. The number of carbonyl (C=O) groups excluding carboxylic acids is 1. The minimum absolute atomic E-state index is 0.0208. The molecule has 0 aliphatic heterocycles. The summed E-state index contributed by atoms with van der Waals surface area (Å²) in [5.74, 6) is -0.631. The summed E-state index contributed by atoms with van der Waals surface area (Å²) < 4.78 is 4.81. The van der Waals surface area contributed by atoms with Crippen molar-refractivity contribution in [2.75, 3.05) is 6.61 Å². The summed E-state index contributed by atoms with van der Waals surface area (Å²) in [6.45, 7) is 1.54. The largest absolute Gasteiger partial charge is 0.462 e. The van der Waals surface area contributed by atoms with Gasteiger partial charge in [0.05, 0.1) is 29.4 Å². The number of ether oxygens (including phenoxy) is 1. The number of hydrogen-bond acceptors (Lipinski definition) is 4. The van der Waals surface area contributed by atoms with E-state index in [9.17, 15) is 4.79 Å². The summed E-state index contributed by atoms with van der Waals surface area (Å²) in [7, 11) is 0. The van der Waals surface area contributed by atoms with Gasteiger partial charge in [-0.05, 0) is 18.6 Å². The Hall–Kier alpha value is -1.57. The molecule has 1 rings (SSSR count). The molecule has 0 aliphatic rings. The Bertz CT molecular complexity index is 451. The van der Waals surface area contributed by atoms with Gasteiger partial charge in [0, 0.05) is 0 Å². The number of carbonyl (C=O) groups is 1. The molecule has 4 nitrogen and oxygen atoms in total. The van der Waals surface area contributed by atoms with Crippen LogP contribution in [0.4, 0.5) is 0 Å². The molecule has 0 bridgehead atoms. The average Bonchev–Trinajstić information content (AvgIpc) is 2.28. The van der Waals surface area contributed by atoms with Crippen molar-refractivity contribution in [3.05, 3.63) is 33.8 Å². The third-order valence-electron chi connectivity index (χ3n) is 2.00. The molecule has 0 spiro atoms. The molecule has 0 amide bonds. The number of benzene rings is 1. The molecule has 1 N–H and O–H groups in total. The van der Waals surface area contributed by atoms with Gasteiger partial charge in [0.1, 0.15) is 6.07 Å². The Morgan fingerprint density at radius 2 is 2.31 bits per heavy atom. The summed E-state index contributed by atoms with van der Waals surface area (Å²) in [6, 6.07) is 4.80. The summed E-state index contributed by atoms with van der Waals surface area (Å²) in [6.07, 6.45) is 0. The van der Waals surface area contributed by atoms with E-state index in [1.165, 1.54) is 12.1 Å². The first-order chi connectivity index (χ1) is 7.65. The quantitative estimate of drug-likeness (QED) is 0.818. The topological polar surface area (TPSA) is 70.3 Å². The van der Waals surface area contributed by atoms with Crippen LogP contribution in [0.1, 0.15) is 28.4 Å². The van der Waals surface area contributed by atoms with Crippen LogP contribution in [0, 0.1) is 11.3 Å². The molecule has 16 heavy (non-hydrogen) atoms. The molecule has 0 aliphatic carbocycles. The van der Waals surface area contributed by atoms with Gasteiger partial charge < -0.3 is 9.84 Å². The second kappa shape index (κ2) is 5.50. The Balaban J connectivity index is 3.33. The van der Waals surface area contributed by atoms with E-state index in [1.54, 1.807) is 6.92 Å². The summed E-state index contributed by atoms with van der Waals surface area (Å²) >= 11 is 5.89. The molecule has 0 fully saturated rings. The van der Waals surface area contributed by atoms with E-state index >= 15 is 0 Å². The molecule has 84 valence electrons. The molecular weight excluding hydrogens is 230 g/mol. The Morgan fingerprint density at radius 3 is 2.81 bits per heavy atom. The van der Waals surface area contributed by atoms with E-state index in [4.69, 9.17) is 26.7 Å². The third kappa shape index (κ3) is 2.32. The van der Waals surface area contributed by atoms with Crippen LogP contribution in [-0.4, -0.2) is 17.7 Å². The first-order valence-corrected chi connectivity index (χ1v) is 5.03. The van der Waals surface area contributed by atoms with Crippen molar-refractivity contribution in [1.82, 2.24) is 0 Å². The number of halogens is 1. The second-order valence-electron chi connectivity index (χ2n) is 2.95. The molecule has 0 saturated heterocycles. The zero-order chi connectivity index (χ0) is 12.1. The highest BCUT2D eigenvalue weighted by molar-refractivity contribution is 6.34. The van der Waals surface area contributed by atoms with Crippen LogP contribution in [-0.2, 0) is 11.3 Å². The summed E-state index contributed by atoms with van der Waals surface area (Å²) in [4.78, 5) is 11.6. The zero-order valence-electron chi connectivity index (χ0n) is 8.66. The minimum Gasteiger partial charge on any atom is -0.462 e. The Labute approximate surface area is 98.0 Å². The number of esters is 1. The Kier molecular flexibility index (Phi) is 4.29. The SMILES string of the molecule is CCOC(=O)c1c(CO)ccc(C#N)c1Cl. The van der Waals surface area contributed by atoms with E-state index in [0.717, 1.165) is 0 Å². The van der Waals surface area contributed by atoms with Crippen molar-refractivity contribution in [2.24, 2.45) is 0 Å². The monoisotopic (exact) mass is 239 g/mol. The lowest BCUT2D eigenvalue weighted by atomic mass is 10.0. The maximum absolute atomic E-state index is 11.6. The van der Waals surface area contributed by atoms with Crippen LogP contribution in [0.3, 0.4) is 0 Å². The maximum atomic E-state index is 11.6. The van der Waals surface area contributed by atoms with Crippen LogP contribution >= 0.6 is 11.6 Å². The molecule has 0 atom stereocenters. The number of hydrogen-bond donors (Lipinski definition) is 1. The van der Waals surface area contributed by atoms with E-state index in [2.05, 4.69) is 0 Å². The number of rotatable bonds is 3. The molecule has 1 aromatic rings. The van der Waals surface area contributed by atoms with Gasteiger partial charge in [-0.2, -0.15) is 5.26 Å². The minimum atomic E-state index is -0.631. The molecule has 0 unspecified atom stereocenters. The lowest BCUT2D eigenvalue weighted by Gasteiger charge is -2.09. The van der Waals surface area contributed by atoms with Gasteiger partial charge in [0.25, 0.3) is 0 Å². The summed E-state index contributed by atoms with van der Waals surface area (Å²) in [5.41, 5.74) is 0.592. The van der Waals surface area contributed by atoms with E-state index in [-0.39, 0.29) is 29.4 Å². The van der Waals surface area contributed by atoms with Crippen LogP contribution in [0.25, 0.3) is 0 Å². The fourth-order valence-electron chi connectivity index (χ4n) is 1.26. The lowest BCUT2D eigenvalue weighted by Crippen LogP contribution is -2.10. The van der Waals surface area contributed by atoms with Gasteiger partial charge in [-0.15, -0.1) is 0 Å². The first-order valence-electron chi connectivity index (χ1n) is 4.65. The van der Waals surface area contributed by atoms with Crippen molar-refractivity contribution in [2.45, 2.75) is 13.5 Å². The molecule has 0 aromatic heterocycles. The van der Waals surface area contributed by atoms with Gasteiger partial charge >= 0.3 is 5.97 Å². The number of nitrogens with zero attached hydrogens (tertiary/aromatic N) is 1. The van der Waals surface area contributed by atoms with Gasteiger partial charge in [-0.25, -0.2) is 4.79 Å². The van der Waals surface area contributed by atoms with E-state index in [0.29, 0.717) is 5.56 Å². The molecular formula is C11H10ClNO3. The molecule has 5 heteroatoms. The first kappa shape index (κ1) is 12.5. The highest BCUT2D eigenvalue weighted by atomic mass is 35.5. The third-order valence-corrected chi connectivity index (χ3v) is 2.39. The van der Waals surface area contributed by atoms with Crippen LogP contribution in [0.5, 0.6) is 0 Å². The predicted molar refractivity (Wildman–Crippen MR) is 58.0 cm³/mol. The highest BCUT2D eigenvalue weighted by Crippen LogP contribution is 2.25. The van der Waals surface area contributed by atoms with Gasteiger partial charge in [0.2, 0.25) is 0 Å². The number of aliphatic hydroxyl groups is 1.